The summed E-state index contributed by atoms with van der Waals surface area (Å²) in [6, 6.07) is 3.91. The standard InChI is InChI=1S/C21H35N3O3/c25-13-11-21(9-2-1-3-10-21)17-24-20(23-16-19-7-5-15-27-19)22-12-8-18-6-4-14-26-18/h4,6,14,19,25H,1-3,5,7-13,15-17H2,(H2,22,23,24). The quantitative estimate of drug-likeness (QED) is 0.456. The number of aliphatic hydroxyl groups is 1. The monoisotopic (exact) mass is 377 g/mol. The van der Waals surface area contributed by atoms with Gasteiger partial charge in [-0.25, -0.2) is 0 Å². The van der Waals surface area contributed by atoms with E-state index in [-0.39, 0.29) is 18.1 Å². The van der Waals surface area contributed by atoms with Crippen LogP contribution in [0.5, 0.6) is 0 Å². The summed E-state index contributed by atoms with van der Waals surface area (Å²) in [5.41, 5.74) is 0.159. The minimum atomic E-state index is 0.159. The molecule has 1 unspecified atom stereocenters. The smallest absolute Gasteiger partial charge is 0.191 e. The van der Waals surface area contributed by atoms with Gasteiger partial charge in [0.2, 0.25) is 0 Å². The van der Waals surface area contributed by atoms with Crippen LogP contribution in [0, 0.1) is 5.41 Å². The first kappa shape index (κ1) is 20.2. The van der Waals surface area contributed by atoms with Crippen molar-refractivity contribution in [1.82, 2.24) is 10.6 Å². The summed E-state index contributed by atoms with van der Waals surface area (Å²) in [5.74, 6) is 1.82. The fourth-order valence-corrected chi connectivity index (χ4v) is 4.22. The molecule has 1 saturated carbocycles. The molecule has 3 N–H and O–H groups in total. The van der Waals surface area contributed by atoms with Crippen molar-refractivity contribution in [3.8, 4) is 0 Å². The third kappa shape index (κ3) is 6.54. The van der Waals surface area contributed by atoms with E-state index in [1.165, 1.54) is 32.1 Å². The van der Waals surface area contributed by atoms with Crippen molar-refractivity contribution in [2.45, 2.75) is 63.9 Å². The highest BCUT2D eigenvalue weighted by atomic mass is 16.5. The van der Waals surface area contributed by atoms with E-state index in [4.69, 9.17) is 14.1 Å². The predicted molar refractivity (Wildman–Crippen MR) is 107 cm³/mol. The van der Waals surface area contributed by atoms with E-state index < -0.39 is 0 Å². The SMILES string of the molecule is OCCC1(CN=C(NCCc2ccco2)NCC2CCCO2)CCCCC1. The summed E-state index contributed by atoms with van der Waals surface area (Å²) >= 11 is 0. The Morgan fingerprint density at radius 2 is 2.11 bits per heavy atom. The first-order valence-electron chi connectivity index (χ1n) is 10.6. The zero-order chi connectivity index (χ0) is 18.8. The lowest BCUT2D eigenvalue weighted by atomic mass is 9.72. The van der Waals surface area contributed by atoms with Crippen LogP contribution in [-0.4, -0.2) is 50.0 Å². The molecule has 2 heterocycles. The topological polar surface area (TPSA) is 79.0 Å². The van der Waals surface area contributed by atoms with Crippen molar-refractivity contribution in [3.05, 3.63) is 24.2 Å². The van der Waals surface area contributed by atoms with Crippen molar-refractivity contribution < 1.29 is 14.3 Å². The Kier molecular flexibility index (Phi) is 8.02. The van der Waals surface area contributed by atoms with Gasteiger partial charge >= 0.3 is 0 Å². The number of nitrogens with one attached hydrogen (secondary N) is 2. The molecule has 152 valence electrons. The molecule has 2 aliphatic rings. The zero-order valence-electron chi connectivity index (χ0n) is 16.4. The molecule has 1 aliphatic carbocycles. The van der Waals surface area contributed by atoms with Gasteiger partial charge in [0, 0.05) is 39.3 Å². The summed E-state index contributed by atoms with van der Waals surface area (Å²) in [5, 5.41) is 16.4. The lowest BCUT2D eigenvalue weighted by Crippen LogP contribution is -2.43. The predicted octanol–water partition coefficient (Wildman–Crippen LogP) is 2.87. The maximum Gasteiger partial charge on any atom is 0.191 e. The molecular formula is C21H35N3O3. The number of hydrogen-bond acceptors (Lipinski definition) is 4. The number of ether oxygens (including phenoxy) is 1. The molecule has 6 nitrogen and oxygen atoms in total. The minimum absolute atomic E-state index is 0.159. The van der Waals surface area contributed by atoms with Crippen molar-refractivity contribution in [2.75, 3.05) is 32.8 Å². The van der Waals surface area contributed by atoms with Gasteiger partial charge < -0.3 is 24.9 Å². The van der Waals surface area contributed by atoms with Gasteiger partial charge in [0.05, 0.1) is 12.4 Å². The second-order valence-corrected chi connectivity index (χ2v) is 7.97. The first-order valence-corrected chi connectivity index (χ1v) is 10.6. The maximum atomic E-state index is 9.54. The van der Waals surface area contributed by atoms with E-state index in [9.17, 15) is 5.11 Å². The van der Waals surface area contributed by atoms with E-state index in [2.05, 4.69) is 10.6 Å². The van der Waals surface area contributed by atoms with Crippen LogP contribution in [0.1, 0.15) is 57.1 Å². The molecule has 27 heavy (non-hydrogen) atoms. The molecule has 3 rings (SSSR count). The zero-order valence-corrected chi connectivity index (χ0v) is 16.4. The summed E-state index contributed by atoms with van der Waals surface area (Å²) in [6.07, 6.45) is 12.1. The summed E-state index contributed by atoms with van der Waals surface area (Å²) in [6.45, 7) is 3.46. The largest absolute Gasteiger partial charge is 0.469 e. The molecule has 0 spiro atoms. The third-order valence-corrected chi connectivity index (χ3v) is 5.89. The maximum absolute atomic E-state index is 9.54. The van der Waals surface area contributed by atoms with Gasteiger partial charge in [-0.2, -0.15) is 0 Å². The Bertz CT molecular complexity index is 542. The molecule has 0 aromatic carbocycles. The van der Waals surface area contributed by atoms with Gasteiger partial charge in [0.25, 0.3) is 0 Å². The third-order valence-electron chi connectivity index (χ3n) is 5.89. The molecule has 0 amide bonds. The second kappa shape index (κ2) is 10.7. The molecule has 0 radical (unpaired) electrons. The van der Waals surface area contributed by atoms with Gasteiger partial charge in [0.1, 0.15) is 5.76 Å². The van der Waals surface area contributed by atoms with Gasteiger partial charge in [-0.05, 0) is 49.7 Å². The molecule has 1 atom stereocenters. The van der Waals surface area contributed by atoms with Crippen LogP contribution in [0.15, 0.2) is 27.8 Å². The Morgan fingerprint density at radius 1 is 1.22 bits per heavy atom. The summed E-state index contributed by atoms with van der Waals surface area (Å²) in [7, 11) is 0. The minimum Gasteiger partial charge on any atom is -0.469 e. The Labute approximate surface area is 162 Å². The number of nitrogens with zero attached hydrogens (tertiary/aromatic N) is 1. The van der Waals surface area contributed by atoms with Crippen LogP contribution in [0.3, 0.4) is 0 Å². The molecular weight excluding hydrogens is 342 g/mol. The van der Waals surface area contributed by atoms with Crippen molar-refractivity contribution in [2.24, 2.45) is 10.4 Å². The Hall–Kier alpha value is -1.53. The number of aliphatic hydroxyl groups excluding tert-OH is 1. The molecule has 6 heteroatoms. The van der Waals surface area contributed by atoms with Crippen LogP contribution in [0.4, 0.5) is 0 Å². The van der Waals surface area contributed by atoms with Crippen molar-refractivity contribution in [3.63, 3.8) is 0 Å². The molecule has 1 aromatic rings. The van der Waals surface area contributed by atoms with Gasteiger partial charge in [-0.3, -0.25) is 4.99 Å². The van der Waals surface area contributed by atoms with E-state index in [0.717, 1.165) is 63.6 Å². The normalized spacial score (nSPS) is 22.7. The van der Waals surface area contributed by atoms with Crippen LogP contribution in [-0.2, 0) is 11.2 Å². The average Bonchev–Trinajstić information content (AvgIpc) is 3.38. The number of guanidine groups is 1. The first-order chi connectivity index (χ1) is 13.3. The Balaban J connectivity index is 1.56. The average molecular weight is 378 g/mol. The van der Waals surface area contributed by atoms with Crippen LogP contribution < -0.4 is 10.6 Å². The van der Waals surface area contributed by atoms with E-state index in [1.54, 1.807) is 6.26 Å². The van der Waals surface area contributed by atoms with Gasteiger partial charge in [-0.1, -0.05) is 19.3 Å². The van der Waals surface area contributed by atoms with E-state index >= 15 is 0 Å². The number of aliphatic imine (C=N–C) groups is 1. The van der Waals surface area contributed by atoms with Crippen LogP contribution in [0.2, 0.25) is 0 Å². The summed E-state index contributed by atoms with van der Waals surface area (Å²) < 4.78 is 11.1. The molecule has 1 aromatic heterocycles. The van der Waals surface area contributed by atoms with Gasteiger partial charge in [-0.15, -0.1) is 0 Å². The highest BCUT2D eigenvalue weighted by molar-refractivity contribution is 5.79. The number of furan rings is 1. The number of hydrogen-bond donors (Lipinski definition) is 3. The van der Waals surface area contributed by atoms with Crippen molar-refractivity contribution >= 4 is 5.96 Å². The molecule has 2 fully saturated rings. The van der Waals surface area contributed by atoms with Crippen LogP contribution in [0.25, 0.3) is 0 Å². The highest BCUT2D eigenvalue weighted by Gasteiger charge is 2.31. The highest BCUT2D eigenvalue weighted by Crippen LogP contribution is 2.39. The van der Waals surface area contributed by atoms with E-state index in [0.29, 0.717) is 0 Å². The van der Waals surface area contributed by atoms with Crippen LogP contribution >= 0.6 is 0 Å². The van der Waals surface area contributed by atoms with Crippen molar-refractivity contribution in [1.29, 1.82) is 0 Å². The molecule has 1 saturated heterocycles. The molecule has 0 bridgehead atoms. The summed E-state index contributed by atoms with van der Waals surface area (Å²) in [4.78, 5) is 4.92. The fraction of sp³-hybridized carbons (Fsp3) is 0.762. The van der Waals surface area contributed by atoms with Gasteiger partial charge in [0.15, 0.2) is 5.96 Å². The second-order valence-electron chi connectivity index (χ2n) is 7.97. The fourth-order valence-electron chi connectivity index (χ4n) is 4.22. The van der Waals surface area contributed by atoms with E-state index in [1.807, 2.05) is 12.1 Å². The lowest BCUT2D eigenvalue weighted by molar-refractivity contribution is 0.113. The Morgan fingerprint density at radius 3 is 2.81 bits per heavy atom. The lowest BCUT2D eigenvalue weighted by Gasteiger charge is -2.35. The molecule has 1 aliphatic heterocycles. The number of rotatable bonds is 9.